The normalized spacial score (nSPS) is 18.9. The monoisotopic (exact) mass is 226 g/mol. The Labute approximate surface area is 98.7 Å². The minimum Gasteiger partial charge on any atom is -0.326 e. The zero-order valence-electron chi connectivity index (χ0n) is 9.05. The summed E-state index contributed by atoms with van der Waals surface area (Å²) in [5.74, 6) is -0.0499. The highest BCUT2D eigenvalue weighted by Crippen LogP contribution is 2.23. The topological polar surface area (TPSA) is 93.9 Å². The average molecular weight is 226 g/mol. The van der Waals surface area contributed by atoms with Gasteiger partial charge in [-0.05, 0) is 18.2 Å². The van der Waals surface area contributed by atoms with E-state index in [9.17, 15) is 4.79 Å². The fraction of sp³-hybridized carbons (Fsp3) is 0.250. The van der Waals surface area contributed by atoms with Crippen LogP contribution in [0, 0.1) is 22.7 Å². The SMILES string of the molecule is N#Cc1ccc(N2CC(N)CC2=O)cc1C#N. The molecule has 0 saturated carbocycles. The van der Waals surface area contributed by atoms with Crippen molar-refractivity contribution in [1.29, 1.82) is 10.5 Å². The third-order valence-corrected chi connectivity index (χ3v) is 2.71. The van der Waals surface area contributed by atoms with Crippen LogP contribution < -0.4 is 10.6 Å². The molecule has 1 amide bonds. The maximum Gasteiger partial charge on any atom is 0.228 e. The van der Waals surface area contributed by atoms with Crippen LogP contribution in [0.1, 0.15) is 17.5 Å². The highest BCUT2D eigenvalue weighted by Gasteiger charge is 2.28. The number of nitrogens with two attached hydrogens (primary N) is 1. The number of carbonyl (C=O) groups excluding carboxylic acids is 1. The minimum atomic E-state index is -0.163. The number of hydrogen-bond donors (Lipinski definition) is 1. The molecule has 84 valence electrons. The van der Waals surface area contributed by atoms with Crippen molar-refractivity contribution in [2.75, 3.05) is 11.4 Å². The highest BCUT2D eigenvalue weighted by molar-refractivity contribution is 5.96. The first-order chi connectivity index (χ1) is 8.15. The first-order valence-corrected chi connectivity index (χ1v) is 5.16. The summed E-state index contributed by atoms with van der Waals surface area (Å²) in [6.07, 6.45) is 0.321. The Kier molecular flexibility index (Phi) is 2.78. The second-order valence-corrected chi connectivity index (χ2v) is 3.92. The Morgan fingerprint density at radius 2 is 2.00 bits per heavy atom. The predicted octanol–water partition coefficient (Wildman–Crippen LogP) is 0.494. The van der Waals surface area contributed by atoms with E-state index < -0.39 is 0 Å². The van der Waals surface area contributed by atoms with Gasteiger partial charge in [-0.3, -0.25) is 4.79 Å². The second kappa shape index (κ2) is 4.25. The second-order valence-electron chi connectivity index (χ2n) is 3.92. The standard InChI is InChI=1S/C12H10N4O/c13-5-8-1-2-11(3-9(8)6-14)16-7-10(15)4-12(16)17/h1-3,10H,4,7,15H2. The molecule has 2 rings (SSSR count). The van der Waals surface area contributed by atoms with Crippen molar-refractivity contribution in [2.24, 2.45) is 5.73 Å². The summed E-state index contributed by atoms with van der Waals surface area (Å²) < 4.78 is 0. The van der Waals surface area contributed by atoms with Gasteiger partial charge in [0.1, 0.15) is 12.1 Å². The molecule has 0 radical (unpaired) electrons. The maximum absolute atomic E-state index is 11.6. The molecular weight excluding hydrogens is 216 g/mol. The molecule has 1 heterocycles. The van der Waals surface area contributed by atoms with Crippen LogP contribution in [0.4, 0.5) is 5.69 Å². The Hall–Kier alpha value is -2.37. The van der Waals surface area contributed by atoms with Crippen LogP contribution in [0.3, 0.4) is 0 Å². The van der Waals surface area contributed by atoms with E-state index in [0.717, 1.165) is 0 Å². The van der Waals surface area contributed by atoms with Crippen LogP contribution in [0.2, 0.25) is 0 Å². The zero-order valence-corrected chi connectivity index (χ0v) is 9.05. The van der Waals surface area contributed by atoms with Crippen LogP contribution in [0.15, 0.2) is 18.2 Å². The van der Waals surface area contributed by atoms with Gasteiger partial charge in [0.2, 0.25) is 5.91 Å². The molecule has 2 N–H and O–H groups in total. The Bertz CT molecular complexity index is 553. The summed E-state index contributed by atoms with van der Waals surface area (Å²) in [5, 5.41) is 17.7. The van der Waals surface area contributed by atoms with E-state index in [2.05, 4.69) is 0 Å². The van der Waals surface area contributed by atoms with Crippen LogP contribution in [-0.2, 0) is 4.79 Å². The predicted molar refractivity (Wildman–Crippen MR) is 60.8 cm³/mol. The van der Waals surface area contributed by atoms with E-state index >= 15 is 0 Å². The van der Waals surface area contributed by atoms with Crippen molar-refractivity contribution in [3.05, 3.63) is 29.3 Å². The van der Waals surface area contributed by atoms with Gasteiger partial charge in [-0.2, -0.15) is 10.5 Å². The van der Waals surface area contributed by atoms with E-state index in [1.54, 1.807) is 23.1 Å². The third kappa shape index (κ3) is 1.96. The van der Waals surface area contributed by atoms with Crippen molar-refractivity contribution in [3.8, 4) is 12.1 Å². The zero-order chi connectivity index (χ0) is 12.4. The largest absolute Gasteiger partial charge is 0.326 e. The van der Waals surface area contributed by atoms with Crippen molar-refractivity contribution < 1.29 is 4.79 Å². The van der Waals surface area contributed by atoms with Crippen LogP contribution in [0.25, 0.3) is 0 Å². The summed E-state index contributed by atoms with van der Waals surface area (Å²) in [6.45, 7) is 0.454. The van der Waals surface area contributed by atoms with Crippen LogP contribution >= 0.6 is 0 Å². The van der Waals surface area contributed by atoms with Gasteiger partial charge in [0.15, 0.2) is 0 Å². The maximum atomic E-state index is 11.6. The number of rotatable bonds is 1. The number of nitriles is 2. The fourth-order valence-corrected chi connectivity index (χ4v) is 1.87. The van der Waals surface area contributed by atoms with Gasteiger partial charge in [-0.1, -0.05) is 0 Å². The highest BCUT2D eigenvalue weighted by atomic mass is 16.2. The molecule has 17 heavy (non-hydrogen) atoms. The number of benzene rings is 1. The molecule has 1 unspecified atom stereocenters. The van der Waals surface area contributed by atoms with Gasteiger partial charge in [-0.15, -0.1) is 0 Å². The Balaban J connectivity index is 2.39. The molecule has 1 atom stereocenters. The first kappa shape index (κ1) is 11.1. The lowest BCUT2D eigenvalue weighted by Gasteiger charge is -2.16. The Morgan fingerprint density at radius 1 is 1.29 bits per heavy atom. The van der Waals surface area contributed by atoms with Gasteiger partial charge in [-0.25, -0.2) is 0 Å². The molecule has 1 fully saturated rings. The van der Waals surface area contributed by atoms with Crippen molar-refractivity contribution in [1.82, 2.24) is 0 Å². The third-order valence-electron chi connectivity index (χ3n) is 2.71. The summed E-state index contributed by atoms with van der Waals surface area (Å²) in [6, 6.07) is 8.47. The molecule has 1 saturated heterocycles. The summed E-state index contributed by atoms with van der Waals surface area (Å²) in [7, 11) is 0. The van der Waals surface area contributed by atoms with Crippen molar-refractivity contribution in [3.63, 3.8) is 0 Å². The van der Waals surface area contributed by atoms with Crippen LogP contribution in [-0.4, -0.2) is 18.5 Å². The minimum absolute atomic E-state index is 0.0499. The molecule has 1 aromatic rings. The van der Waals surface area contributed by atoms with E-state index in [0.29, 0.717) is 24.2 Å². The Morgan fingerprint density at radius 3 is 2.53 bits per heavy atom. The summed E-state index contributed by atoms with van der Waals surface area (Å²) in [4.78, 5) is 13.2. The number of carbonyl (C=O) groups is 1. The number of hydrogen-bond acceptors (Lipinski definition) is 4. The van der Waals surface area contributed by atoms with E-state index in [1.807, 2.05) is 12.1 Å². The quantitative estimate of drug-likeness (QED) is 0.754. The molecule has 5 heteroatoms. The molecule has 1 aliphatic rings. The molecule has 0 spiro atoms. The van der Waals surface area contributed by atoms with Gasteiger partial charge in [0.25, 0.3) is 0 Å². The number of amides is 1. The average Bonchev–Trinajstić information content (AvgIpc) is 2.67. The molecule has 1 aliphatic heterocycles. The molecule has 0 aliphatic carbocycles. The first-order valence-electron chi connectivity index (χ1n) is 5.16. The van der Waals surface area contributed by atoms with Gasteiger partial charge < -0.3 is 10.6 Å². The number of anilines is 1. The van der Waals surface area contributed by atoms with E-state index in [-0.39, 0.29) is 17.5 Å². The number of nitrogens with zero attached hydrogens (tertiary/aromatic N) is 3. The summed E-state index contributed by atoms with van der Waals surface area (Å²) in [5.41, 5.74) is 6.91. The smallest absolute Gasteiger partial charge is 0.228 e. The summed E-state index contributed by atoms with van der Waals surface area (Å²) >= 11 is 0. The molecule has 0 bridgehead atoms. The van der Waals surface area contributed by atoms with E-state index in [4.69, 9.17) is 16.3 Å². The van der Waals surface area contributed by atoms with E-state index in [1.165, 1.54) is 0 Å². The lowest BCUT2D eigenvalue weighted by atomic mass is 10.1. The molecule has 5 nitrogen and oxygen atoms in total. The van der Waals surface area contributed by atoms with Gasteiger partial charge in [0.05, 0.1) is 11.1 Å². The van der Waals surface area contributed by atoms with Crippen molar-refractivity contribution >= 4 is 11.6 Å². The van der Waals surface area contributed by atoms with Crippen molar-refractivity contribution in [2.45, 2.75) is 12.5 Å². The fourth-order valence-electron chi connectivity index (χ4n) is 1.87. The lowest BCUT2D eigenvalue weighted by Crippen LogP contribution is -2.28. The molecule has 1 aromatic carbocycles. The van der Waals surface area contributed by atoms with Gasteiger partial charge >= 0.3 is 0 Å². The molecular formula is C12H10N4O. The van der Waals surface area contributed by atoms with Gasteiger partial charge in [0, 0.05) is 24.7 Å². The lowest BCUT2D eigenvalue weighted by molar-refractivity contribution is -0.117. The molecule has 0 aromatic heterocycles. The van der Waals surface area contributed by atoms with Crippen LogP contribution in [0.5, 0.6) is 0 Å².